The van der Waals surface area contributed by atoms with Crippen LogP contribution in [0.4, 0.5) is 11.4 Å². The van der Waals surface area contributed by atoms with Crippen molar-refractivity contribution in [2.75, 3.05) is 17.7 Å². The average Bonchev–Trinajstić information content (AvgIpc) is 3.07. The number of aryl methyl sites for hydroxylation is 1. The van der Waals surface area contributed by atoms with Crippen molar-refractivity contribution in [2.24, 2.45) is 7.05 Å². The Kier molecular flexibility index (Phi) is 5.87. The van der Waals surface area contributed by atoms with Gasteiger partial charge in [-0.2, -0.15) is 0 Å². The second kappa shape index (κ2) is 8.33. The Morgan fingerprint density at radius 3 is 2.43 bits per heavy atom. The predicted octanol–water partition coefficient (Wildman–Crippen LogP) is 4.24. The fourth-order valence-corrected chi connectivity index (χ4v) is 2.82. The minimum absolute atomic E-state index is 0.231. The summed E-state index contributed by atoms with van der Waals surface area (Å²) in [5.41, 5.74) is 1.64. The predicted molar refractivity (Wildman–Crippen MR) is 109 cm³/mol. The van der Waals surface area contributed by atoms with E-state index in [4.69, 9.17) is 27.9 Å². The van der Waals surface area contributed by atoms with E-state index in [-0.39, 0.29) is 22.7 Å². The normalized spacial score (nSPS) is 10.4. The number of nitrogens with one attached hydrogen (secondary N) is 2. The summed E-state index contributed by atoms with van der Waals surface area (Å²) in [7, 11) is 3.14. The molecule has 1 heterocycles. The van der Waals surface area contributed by atoms with Crippen molar-refractivity contribution in [3.05, 3.63) is 69.8 Å². The molecule has 2 N–H and O–H groups in total. The van der Waals surface area contributed by atoms with Crippen LogP contribution >= 0.6 is 23.2 Å². The highest BCUT2D eigenvalue weighted by Gasteiger charge is 2.17. The highest BCUT2D eigenvalue weighted by Crippen LogP contribution is 2.30. The molecule has 0 aliphatic carbocycles. The van der Waals surface area contributed by atoms with Crippen LogP contribution < -0.4 is 15.4 Å². The van der Waals surface area contributed by atoms with E-state index in [1.165, 1.54) is 11.8 Å². The SMILES string of the molecule is COc1nn(C)cc1C(=O)Nc1ccc(C(=O)Nc2cccc(Cl)c2Cl)cc1. The Labute approximate surface area is 171 Å². The van der Waals surface area contributed by atoms with Crippen molar-refractivity contribution in [1.29, 1.82) is 0 Å². The largest absolute Gasteiger partial charge is 0.479 e. The zero-order valence-corrected chi connectivity index (χ0v) is 16.5. The molecule has 28 heavy (non-hydrogen) atoms. The van der Waals surface area contributed by atoms with E-state index in [1.54, 1.807) is 55.7 Å². The molecule has 0 saturated carbocycles. The number of amides is 2. The van der Waals surface area contributed by atoms with Gasteiger partial charge in [0.2, 0.25) is 5.88 Å². The third kappa shape index (κ3) is 4.27. The maximum absolute atomic E-state index is 12.4. The lowest BCUT2D eigenvalue weighted by atomic mass is 10.2. The van der Waals surface area contributed by atoms with Crippen molar-refractivity contribution in [2.45, 2.75) is 0 Å². The topological polar surface area (TPSA) is 85.2 Å². The molecule has 0 aliphatic rings. The summed E-state index contributed by atoms with van der Waals surface area (Å²) in [6.07, 6.45) is 1.56. The van der Waals surface area contributed by atoms with E-state index in [0.29, 0.717) is 27.5 Å². The maximum Gasteiger partial charge on any atom is 0.262 e. The molecule has 3 aromatic rings. The Bertz CT molecular complexity index is 1030. The van der Waals surface area contributed by atoms with Crippen LogP contribution in [0.1, 0.15) is 20.7 Å². The first-order valence-corrected chi connectivity index (χ1v) is 8.89. The van der Waals surface area contributed by atoms with Crippen molar-refractivity contribution in [1.82, 2.24) is 9.78 Å². The molecule has 0 atom stereocenters. The lowest BCUT2D eigenvalue weighted by molar-refractivity contribution is 0.101. The van der Waals surface area contributed by atoms with Crippen LogP contribution in [0, 0.1) is 0 Å². The first kappa shape index (κ1) is 19.7. The number of ether oxygens (including phenoxy) is 1. The van der Waals surface area contributed by atoms with Crippen molar-refractivity contribution in [3.63, 3.8) is 0 Å². The number of rotatable bonds is 5. The van der Waals surface area contributed by atoms with Gasteiger partial charge >= 0.3 is 0 Å². The molecular formula is C19H16Cl2N4O3. The number of halogens is 2. The molecule has 0 bridgehead atoms. The molecule has 0 saturated heterocycles. The van der Waals surface area contributed by atoms with E-state index >= 15 is 0 Å². The molecule has 1 aromatic heterocycles. The quantitative estimate of drug-likeness (QED) is 0.648. The van der Waals surface area contributed by atoms with Crippen molar-refractivity contribution >= 4 is 46.4 Å². The highest BCUT2D eigenvalue weighted by atomic mass is 35.5. The van der Waals surface area contributed by atoms with Crippen LogP contribution in [-0.2, 0) is 7.05 Å². The smallest absolute Gasteiger partial charge is 0.262 e. The standard InChI is InChI=1S/C19H16Cl2N4O3/c1-25-10-13(19(24-25)28-2)18(27)22-12-8-6-11(7-9-12)17(26)23-15-5-3-4-14(20)16(15)21/h3-10H,1-2H3,(H,22,27)(H,23,26). The minimum Gasteiger partial charge on any atom is -0.479 e. The monoisotopic (exact) mass is 418 g/mol. The lowest BCUT2D eigenvalue weighted by Crippen LogP contribution is -2.14. The Balaban J connectivity index is 1.70. The number of aromatic nitrogens is 2. The number of methoxy groups -OCH3 is 1. The summed E-state index contributed by atoms with van der Waals surface area (Å²) in [5.74, 6) is -0.488. The van der Waals surface area contributed by atoms with E-state index in [9.17, 15) is 9.59 Å². The van der Waals surface area contributed by atoms with Crippen molar-refractivity contribution in [3.8, 4) is 5.88 Å². The van der Waals surface area contributed by atoms with Crippen LogP contribution in [0.3, 0.4) is 0 Å². The number of anilines is 2. The van der Waals surface area contributed by atoms with Crippen LogP contribution in [-0.4, -0.2) is 28.7 Å². The zero-order valence-electron chi connectivity index (χ0n) is 15.0. The summed E-state index contributed by atoms with van der Waals surface area (Å²) in [4.78, 5) is 24.8. The summed E-state index contributed by atoms with van der Waals surface area (Å²) >= 11 is 12.0. The van der Waals surface area contributed by atoms with Gasteiger partial charge in [0.05, 0.1) is 22.8 Å². The average molecular weight is 419 g/mol. The minimum atomic E-state index is -0.368. The van der Waals surface area contributed by atoms with Crippen LogP contribution in [0.5, 0.6) is 5.88 Å². The number of nitrogens with zero attached hydrogens (tertiary/aromatic N) is 2. The Morgan fingerprint density at radius 1 is 1.04 bits per heavy atom. The van der Waals surface area contributed by atoms with Gasteiger partial charge in [0.15, 0.2) is 0 Å². The van der Waals surface area contributed by atoms with Crippen LogP contribution in [0.15, 0.2) is 48.7 Å². The second-order valence-corrected chi connectivity index (χ2v) is 6.60. The fraction of sp³-hybridized carbons (Fsp3) is 0.105. The van der Waals surface area contributed by atoms with Crippen LogP contribution in [0.25, 0.3) is 0 Å². The molecule has 0 spiro atoms. The third-order valence-electron chi connectivity index (χ3n) is 3.84. The molecule has 0 unspecified atom stereocenters. The van der Waals surface area contributed by atoms with Gasteiger partial charge in [0.1, 0.15) is 5.56 Å². The summed E-state index contributed by atoms with van der Waals surface area (Å²) in [6, 6.07) is 11.4. The molecule has 0 radical (unpaired) electrons. The highest BCUT2D eigenvalue weighted by molar-refractivity contribution is 6.44. The van der Waals surface area contributed by atoms with Crippen molar-refractivity contribution < 1.29 is 14.3 Å². The number of hydrogen-bond acceptors (Lipinski definition) is 4. The molecule has 2 aromatic carbocycles. The third-order valence-corrected chi connectivity index (χ3v) is 4.66. The van der Waals surface area contributed by atoms with E-state index in [0.717, 1.165) is 0 Å². The summed E-state index contributed by atoms with van der Waals surface area (Å²) in [6.45, 7) is 0. The molecule has 144 valence electrons. The molecule has 7 nitrogen and oxygen atoms in total. The van der Waals surface area contributed by atoms with Gasteiger partial charge in [-0.25, -0.2) is 0 Å². The van der Waals surface area contributed by atoms with Crippen LogP contribution in [0.2, 0.25) is 10.0 Å². The van der Waals surface area contributed by atoms with Gasteiger partial charge in [0, 0.05) is 24.5 Å². The number of carbonyl (C=O) groups is 2. The molecule has 0 fully saturated rings. The molecular weight excluding hydrogens is 403 g/mol. The van der Waals surface area contributed by atoms with E-state index < -0.39 is 0 Å². The van der Waals surface area contributed by atoms with Gasteiger partial charge in [-0.15, -0.1) is 5.10 Å². The Hall–Kier alpha value is -3.03. The first-order chi connectivity index (χ1) is 13.4. The van der Waals surface area contributed by atoms with E-state index in [1.807, 2.05) is 0 Å². The summed E-state index contributed by atoms with van der Waals surface area (Å²) < 4.78 is 6.57. The molecule has 0 aliphatic heterocycles. The van der Waals surface area contributed by atoms with E-state index in [2.05, 4.69) is 15.7 Å². The lowest BCUT2D eigenvalue weighted by Gasteiger charge is -2.09. The molecule has 3 rings (SSSR count). The number of carbonyl (C=O) groups excluding carboxylic acids is 2. The van der Waals surface area contributed by atoms with Gasteiger partial charge in [-0.05, 0) is 36.4 Å². The number of benzene rings is 2. The van der Waals surface area contributed by atoms with Gasteiger partial charge < -0.3 is 15.4 Å². The van der Waals surface area contributed by atoms with Gasteiger partial charge in [-0.3, -0.25) is 14.3 Å². The molecule has 9 heteroatoms. The fourth-order valence-electron chi connectivity index (χ4n) is 2.47. The zero-order chi connectivity index (χ0) is 20.3. The maximum atomic E-state index is 12.4. The van der Waals surface area contributed by atoms with Gasteiger partial charge in [-0.1, -0.05) is 29.3 Å². The second-order valence-electron chi connectivity index (χ2n) is 5.81. The first-order valence-electron chi connectivity index (χ1n) is 8.13. The summed E-state index contributed by atoms with van der Waals surface area (Å²) in [5, 5.41) is 10.1. The number of hydrogen-bond donors (Lipinski definition) is 2. The Morgan fingerprint density at radius 2 is 1.75 bits per heavy atom. The van der Waals surface area contributed by atoms with Gasteiger partial charge in [0.25, 0.3) is 11.8 Å². The molecule has 2 amide bonds.